The molecule has 0 atom stereocenters. The summed E-state index contributed by atoms with van der Waals surface area (Å²) in [6.45, 7) is 0.771. The van der Waals surface area contributed by atoms with Crippen LogP contribution in [0, 0.1) is 0 Å². The van der Waals surface area contributed by atoms with Gasteiger partial charge in [0.15, 0.2) is 0 Å². The van der Waals surface area contributed by atoms with E-state index in [1.165, 1.54) is 16.3 Å². The second-order valence-electron chi connectivity index (χ2n) is 4.46. The molecule has 0 aliphatic rings. The van der Waals surface area contributed by atoms with Crippen molar-refractivity contribution in [2.75, 3.05) is 11.1 Å². The van der Waals surface area contributed by atoms with Gasteiger partial charge in [0.1, 0.15) is 5.82 Å². The molecule has 0 saturated carbocycles. The molecule has 0 amide bonds. The topological polar surface area (TPSA) is 50.9 Å². The number of fused-ring (bicyclic) bond motifs is 1. The molecule has 0 saturated heterocycles. The molecule has 94 valence electrons. The highest BCUT2D eigenvalue weighted by molar-refractivity contribution is 5.85. The normalized spacial score (nSPS) is 10.5. The first-order chi connectivity index (χ1) is 9.33. The molecular formula is C16H15N3. The molecule has 19 heavy (non-hydrogen) atoms. The van der Waals surface area contributed by atoms with Gasteiger partial charge in [-0.3, -0.25) is 0 Å². The van der Waals surface area contributed by atoms with Crippen LogP contribution in [-0.4, -0.2) is 4.98 Å². The Balaban J connectivity index is 1.84. The van der Waals surface area contributed by atoms with Crippen LogP contribution in [0.25, 0.3) is 10.8 Å². The summed E-state index contributed by atoms with van der Waals surface area (Å²) >= 11 is 0. The molecular weight excluding hydrogens is 234 g/mol. The van der Waals surface area contributed by atoms with Crippen LogP contribution >= 0.6 is 0 Å². The van der Waals surface area contributed by atoms with Crippen molar-refractivity contribution in [3.63, 3.8) is 0 Å². The predicted molar refractivity (Wildman–Crippen MR) is 79.9 cm³/mol. The Morgan fingerprint density at radius 2 is 1.79 bits per heavy atom. The number of benzene rings is 2. The number of anilines is 2. The van der Waals surface area contributed by atoms with Gasteiger partial charge in [-0.15, -0.1) is 0 Å². The molecule has 2 aromatic carbocycles. The fraction of sp³-hybridized carbons (Fsp3) is 0.0625. The van der Waals surface area contributed by atoms with Crippen molar-refractivity contribution in [2.45, 2.75) is 6.54 Å². The van der Waals surface area contributed by atoms with Crippen molar-refractivity contribution < 1.29 is 0 Å². The Morgan fingerprint density at radius 1 is 0.947 bits per heavy atom. The number of rotatable bonds is 3. The van der Waals surface area contributed by atoms with Gasteiger partial charge in [0.05, 0.1) is 11.9 Å². The second kappa shape index (κ2) is 4.98. The van der Waals surface area contributed by atoms with E-state index >= 15 is 0 Å². The number of aromatic nitrogens is 1. The molecule has 0 unspecified atom stereocenters. The van der Waals surface area contributed by atoms with E-state index in [0.717, 1.165) is 12.2 Å². The molecule has 3 heteroatoms. The summed E-state index contributed by atoms with van der Waals surface area (Å²) in [6, 6.07) is 18.5. The van der Waals surface area contributed by atoms with Crippen LogP contribution < -0.4 is 11.1 Å². The van der Waals surface area contributed by atoms with Crippen LogP contribution in [0.1, 0.15) is 5.56 Å². The third kappa shape index (κ3) is 2.50. The number of pyridine rings is 1. The Labute approximate surface area is 112 Å². The molecule has 0 bridgehead atoms. The van der Waals surface area contributed by atoms with E-state index in [4.69, 9.17) is 5.73 Å². The minimum atomic E-state index is 0.538. The molecule has 0 spiro atoms. The first-order valence-electron chi connectivity index (χ1n) is 6.25. The van der Waals surface area contributed by atoms with Crippen molar-refractivity contribution in [3.05, 3.63) is 66.4 Å². The lowest BCUT2D eigenvalue weighted by atomic mass is 10.0. The highest BCUT2D eigenvalue weighted by Gasteiger charge is 2.00. The summed E-state index contributed by atoms with van der Waals surface area (Å²) in [4.78, 5) is 4.07. The van der Waals surface area contributed by atoms with Crippen molar-refractivity contribution in [1.82, 2.24) is 4.98 Å². The van der Waals surface area contributed by atoms with Gasteiger partial charge < -0.3 is 11.1 Å². The van der Waals surface area contributed by atoms with Crippen LogP contribution in [0.15, 0.2) is 60.8 Å². The van der Waals surface area contributed by atoms with E-state index in [2.05, 4.69) is 52.8 Å². The van der Waals surface area contributed by atoms with E-state index in [9.17, 15) is 0 Å². The summed E-state index contributed by atoms with van der Waals surface area (Å²) in [5.41, 5.74) is 7.82. The zero-order chi connectivity index (χ0) is 13.1. The van der Waals surface area contributed by atoms with E-state index in [-0.39, 0.29) is 0 Å². The average molecular weight is 249 g/mol. The smallest absolute Gasteiger partial charge is 0.123 e. The molecule has 3 N–H and O–H groups in total. The summed E-state index contributed by atoms with van der Waals surface area (Å²) in [5, 5.41) is 5.90. The fourth-order valence-corrected chi connectivity index (χ4v) is 2.15. The van der Waals surface area contributed by atoms with Gasteiger partial charge >= 0.3 is 0 Å². The molecule has 0 fully saturated rings. The number of nitrogens with one attached hydrogen (secondary N) is 1. The van der Waals surface area contributed by atoms with Gasteiger partial charge in [-0.25, -0.2) is 4.98 Å². The summed E-state index contributed by atoms with van der Waals surface area (Å²) in [5.74, 6) is 0.538. The molecule has 0 radical (unpaired) electrons. The summed E-state index contributed by atoms with van der Waals surface area (Å²) in [6.07, 6.45) is 1.75. The Bertz CT molecular complexity index is 684. The summed E-state index contributed by atoms with van der Waals surface area (Å²) < 4.78 is 0. The van der Waals surface area contributed by atoms with E-state index in [0.29, 0.717) is 5.82 Å². The van der Waals surface area contributed by atoms with E-state index < -0.39 is 0 Å². The minimum Gasteiger partial charge on any atom is -0.384 e. The minimum absolute atomic E-state index is 0.538. The van der Waals surface area contributed by atoms with Gasteiger partial charge in [0, 0.05) is 6.54 Å². The predicted octanol–water partition coefficient (Wildman–Crippen LogP) is 3.43. The lowest BCUT2D eigenvalue weighted by Gasteiger charge is -2.09. The largest absolute Gasteiger partial charge is 0.384 e. The third-order valence-electron chi connectivity index (χ3n) is 3.15. The van der Waals surface area contributed by atoms with Crippen LogP contribution in [0.3, 0.4) is 0 Å². The molecule has 3 nitrogen and oxygen atoms in total. The summed E-state index contributed by atoms with van der Waals surface area (Å²) in [7, 11) is 0. The first-order valence-corrected chi connectivity index (χ1v) is 6.25. The zero-order valence-corrected chi connectivity index (χ0v) is 10.5. The lowest BCUT2D eigenvalue weighted by molar-refractivity contribution is 1.15. The Hall–Kier alpha value is -2.55. The number of hydrogen-bond acceptors (Lipinski definition) is 3. The molecule has 1 aromatic heterocycles. The van der Waals surface area contributed by atoms with Crippen molar-refractivity contribution in [3.8, 4) is 0 Å². The van der Waals surface area contributed by atoms with Crippen molar-refractivity contribution in [2.24, 2.45) is 0 Å². The van der Waals surface area contributed by atoms with Gasteiger partial charge in [0.2, 0.25) is 0 Å². The van der Waals surface area contributed by atoms with Gasteiger partial charge in [0.25, 0.3) is 0 Å². The van der Waals surface area contributed by atoms with Gasteiger partial charge in [-0.05, 0) is 28.5 Å². The maximum Gasteiger partial charge on any atom is 0.123 e. The Kier molecular flexibility index (Phi) is 3.02. The first kappa shape index (κ1) is 11.5. The van der Waals surface area contributed by atoms with Gasteiger partial charge in [-0.2, -0.15) is 0 Å². The monoisotopic (exact) mass is 249 g/mol. The van der Waals surface area contributed by atoms with Crippen molar-refractivity contribution in [1.29, 1.82) is 0 Å². The highest BCUT2D eigenvalue weighted by Crippen LogP contribution is 2.19. The lowest BCUT2D eigenvalue weighted by Crippen LogP contribution is -2.01. The van der Waals surface area contributed by atoms with E-state index in [1.807, 2.05) is 6.07 Å². The molecule has 0 aliphatic heterocycles. The molecule has 3 rings (SSSR count). The van der Waals surface area contributed by atoms with Crippen LogP contribution in [0.2, 0.25) is 0 Å². The van der Waals surface area contributed by atoms with Crippen molar-refractivity contribution >= 4 is 22.3 Å². The number of nitrogens with zero attached hydrogens (tertiary/aromatic N) is 1. The number of nitrogen functional groups attached to an aromatic ring is 1. The van der Waals surface area contributed by atoms with Crippen LogP contribution in [0.4, 0.5) is 11.5 Å². The zero-order valence-electron chi connectivity index (χ0n) is 10.5. The maximum atomic E-state index is 5.57. The van der Waals surface area contributed by atoms with Gasteiger partial charge in [-0.1, -0.05) is 42.5 Å². The second-order valence-corrected chi connectivity index (χ2v) is 4.46. The van der Waals surface area contributed by atoms with E-state index in [1.54, 1.807) is 12.3 Å². The third-order valence-corrected chi connectivity index (χ3v) is 3.15. The number of hydrogen-bond donors (Lipinski definition) is 2. The molecule has 0 aliphatic carbocycles. The highest BCUT2D eigenvalue weighted by atomic mass is 14.9. The standard InChI is InChI=1S/C16H15N3/c17-16-9-8-14(11-19-16)18-10-13-6-3-5-12-4-1-2-7-15(12)13/h1-9,11,18H,10H2,(H2,17,19). The Morgan fingerprint density at radius 3 is 2.63 bits per heavy atom. The SMILES string of the molecule is Nc1ccc(NCc2cccc3ccccc23)cn1. The fourth-order valence-electron chi connectivity index (χ4n) is 2.15. The number of nitrogens with two attached hydrogens (primary N) is 1. The average Bonchev–Trinajstić information content (AvgIpc) is 2.47. The molecule has 3 aromatic rings. The maximum absolute atomic E-state index is 5.57. The quantitative estimate of drug-likeness (QED) is 0.747. The van der Waals surface area contributed by atoms with Crippen LogP contribution in [0.5, 0.6) is 0 Å². The molecule has 1 heterocycles. The van der Waals surface area contributed by atoms with Crippen LogP contribution in [-0.2, 0) is 6.54 Å².